The van der Waals surface area contributed by atoms with Gasteiger partial charge in [0.1, 0.15) is 17.2 Å². The van der Waals surface area contributed by atoms with E-state index >= 15 is 0 Å². The summed E-state index contributed by atoms with van der Waals surface area (Å²) in [6.45, 7) is 7.62. The maximum absolute atomic E-state index is 13.8. The number of hydrogen-bond donors (Lipinski definition) is 3. The molecule has 0 saturated heterocycles. The van der Waals surface area contributed by atoms with E-state index in [2.05, 4.69) is 42.1 Å². The van der Waals surface area contributed by atoms with Gasteiger partial charge in [-0.15, -0.1) is 11.3 Å². The van der Waals surface area contributed by atoms with Gasteiger partial charge in [-0.1, -0.05) is 20.8 Å². The lowest BCUT2D eigenvalue weighted by Crippen LogP contribution is -2.36. The van der Waals surface area contributed by atoms with Gasteiger partial charge in [0.25, 0.3) is 5.91 Å². The Morgan fingerprint density at radius 1 is 1.35 bits per heavy atom. The van der Waals surface area contributed by atoms with Crippen molar-refractivity contribution in [2.24, 2.45) is 11.1 Å². The summed E-state index contributed by atoms with van der Waals surface area (Å²) in [5.74, 6) is -0.556. The number of aromatic nitrogens is 2. The summed E-state index contributed by atoms with van der Waals surface area (Å²) in [5.41, 5.74) is 7.79. The molecule has 4 N–H and O–H groups in total. The van der Waals surface area contributed by atoms with E-state index in [1.165, 1.54) is 16.5 Å². The second-order valence-electron chi connectivity index (χ2n) is 7.80. The summed E-state index contributed by atoms with van der Waals surface area (Å²) >= 11 is 1.69. The molecule has 0 spiro atoms. The number of amides is 1. The van der Waals surface area contributed by atoms with Crippen LogP contribution in [0.15, 0.2) is 18.2 Å². The molecule has 0 aliphatic carbocycles. The third-order valence-corrected chi connectivity index (χ3v) is 6.01. The van der Waals surface area contributed by atoms with Gasteiger partial charge in [-0.25, -0.2) is 9.37 Å². The van der Waals surface area contributed by atoms with Gasteiger partial charge < -0.3 is 16.0 Å². The van der Waals surface area contributed by atoms with E-state index in [0.29, 0.717) is 16.9 Å². The number of aromatic amines is 1. The van der Waals surface area contributed by atoms with Crippen molar-refractivity contribution >= 4 is 28.3 Å². The van der Waals surface area contributed by atoms with Crippen LogP contribution in [0, 0.1) is 11.2 Å². The summed E-state index contributed by atoms with van der Waals surface area (Å²) < 4.78 is 13.8. The summed E-state index contributed by atoms with van der Waals surface area (Å²) in [7, 11) is 0. The predicted octanol–water partition coefficient (Wildman–Crippen LogP) is 3.76. The number of hydrogen-bond acceptors (Lipinski definition) is 4. The number of carbonyl (C=O) groups excluding carboxylic acids is 1. The zero-order chi connectivity index (χ0) is 18.6. The molecule has 3 heterocycles. The number of nitrogens with one attached hydrogen (secondary N) is 2. The van der Waals surface area contributed by atoms with Crippen molar-refractivity contribution in [3.63, 3.8) is 0 Å². The van der Waals surface area contributed by atoms with Crippen LogP contribution in [0.4, 0.5) is 4.39 Å². The van der Waals surface area contributed by atoms with Crippen LogP contribution < -0.4 is 11.1 Å². The number of nitrogens with zero attached hydrogens (tertiary/aromatic N) is 1. The number of halogens is 1. The lowest BCUT2D eigenvalue weighted by Gasteiger charge is -2.34. The van der Waals surface area contributed by atoms with E-state index in [1.807, 2.05) is 0 Å². The highest BCUT2D eigenvalue weighted by molar-refractivity contribution is 7.15. The van der Waals surface area contributed by atoms with E-state index in [-0.39, 0.29) is 17.0 Å². The fourth-order valence-electron chi connectivity index (χ4n) is 3.53. The Morgan fingerprint density at radius 2 is 2.12 bits per heavy atom. The molecule has 3 aromatic rings. The largest absolute Gasteiger partial charge is 0.366 e. The van der Waals surface area contributed by atoms with Gasteiger partial charge >= 0.3 is 0 Å². The summed E-state index contributed by atoms with van der Waals surface area (Å²) in [4.78, 5) is 21.6. The van der Waals surface area contributed by atoms with Crippen molar-refractivity contribution in [1.29, 1.82) is 0 Å². The Hall–Kier alpha value is -2.25. The first-order valence-corrected chi connectivity index (χ1v) is 9.41. The van der Waals surface area contributed by atoms with Gasteiger partial charge in [-0.2, -0.15) is 0 Å². The van der Waals surface area contributed by atoms with E-state index in [4.69, 9.17) is 5.73 Å². The fourth-order valence-corrected chi connectivity index (χ4v) is 5.01. The second-order valence-corrected chi connectivity index (χ2v) is 8.89. The van der Waals surface area contributed by atoms with Crippen molar-refractivity contribution in [2.75, 3.05) is 6.54 Å². The molecule has 1 aromatic carbocycles. The van der Waals surface area contributed by atoms with Crippen LogP contribution in [0.2, 0.25) is 0 Å². The van der Waals surface area contributed by atoms with Crippen molar-refractivity contribution in [3.05, 3.63) is 40.0 Å². The minimum atomic E-state index is -0.685. The molecule has 26 heavy (non-hydrogen) atoms. The third-order valence-electron chi connectivity index (χ3n) is 4.76. The highest BCUT2D eigenvalue weighted by atomic mass is 32.1. The molecule has 2 aromatic heterocycles. The molecule has 1 aliphatic rings. The van der Waals surface area contributed by atoms with Crippen LogP contribution in [0.25, 0.3) is 21.7 Å². The number of fused-ring (bicyclic) bond motifs is 2. The van der Waals surface area contributed by atoms with Crippen LogP contribution in [0.3, 0.4) is 0 Å². The van der Waals surface area contributed by atoms with E-state index in [1.54, 1.807) is 11.3 Å². The lowest BCUT2D eigenvalue weighted by molar-refractivity contribution is 0.100. The Balaban J connectivity index is 1.83. The summed E-state index contributed by atoms with van der Waals surface area (Å²) in [6.07, 6.45) is 0.972. The molecular weight excluding hydrogens is 351 g/mol. The van der Waals surface area contributed by atoms with Crippen molar-refractivity contribution in [3.8, 4) is 10.7 Å². The van der Waals surface area contributed by atoms with Crippen molar-refractivity contribution in [2.45, 2.75) is 33.2 Å². The first-order valence-electron chi connectivity index (χ1n) is 8.59. The second kappa shape index (κ2) is 5.89. The quantitative estimate of drug-likeness (QED) is 0.640. The zero-order valence-corrected chi connectivity index (χ0v) is 15.8. The lowest BCUT2D eigenvalue weighted by atomic mass is 9.82. The maximum Gasteiger partial charge on any atom is 0.251 e. The van der Waals surface area contributed by atoms with Gasteiger partial charge in [-0.05, 0) is 42.1 Å². The van der Waals surface area contributed by atoms with E-state index < -0.39 is 11.7 Å². The van der Waals surface area contributed by atoms with E-state index in [9.17, 15) is 9.18 Å². The van der Waals surface area contributed by atoms with Gasteiger partial charge in [-0.3, -0.25) is 4.79 Å². The highest BCUT2D eigenvalue weighted by Gasteiger charge is 2.32. The summed E-state index contributed by atoms with van der Waals surface area (Å²) in [6, 6.07) is 4.91. The maximum atomic E-state index is 13.8. The monoisotopic (exact) mass is 372 g/mol. The minimum Gasteiger partial charge on any atom is -0.366 e. The van der Waals surface area contributed by atoms with Gasteiger partial charge in [0.2, 0.25) is 0 Å². The standard InChI is InChI=1S/C19H21FN4OS/c1-19(2,3)16-15-9(4-5-22-16)6-13(26-15)18-23-12-8-10(20)7-11(17(21)25)14(12)24-18/h6-8,16,22H,4-5H2,1-3H3,(H2,21,25)(H,23,24)/t16-/m1/s1. The highest BCUT2D eigenvalue weighted by Crippen LogP contribution is 2.43. The zero-order valence-electron chi connectivity index (χ0n) is 14.9. The molecule has 5 nitrogen and oxygen atoms in total. The third kappa shape index (κ3) is 2.81. The molecule has 0 bridgehead atoms. The average molecular weight is 372 g/mol. The first kappa shape index (κ1) is 17.2. The normalized spacial score (nSPS) is 17.5. The van der Waals surface area contributed by atoms with Crippen molar-refractivity contribution < 1.29 is 9.18 Å². The number of primary amides is 1. The number of benzene rings is 1. The Labute approximate surface area is 154 Å². The molecule has 0 radical (unpaired) electrons. The van der Waals surface area contributed by atoms with Crippen LogP contribution in [0.1, 0.15) is 47.6 Å². The molecular formula is C19H21FN4OS. The number of carbonyl (C=O) groups is 1. The van der Waals surface area contributed by atoms with Crippen LogP contribution in [0.5, 0.6) is 0 Å². The Kier molecular flexibility index (Phi) is 3.89. The van der Waals surface area contributed by atoms with Gasteiger partial charge in [0.05, 0.1) is 16.0 Å². The van der Waals surface area contributed by atoms with Gasteiger partial charge in [0.15, 0.2) is 0 Å². The number of H-pyrrole nitrogens is 1. The smallest absolute Gasteiger partial charge is 0.251 e. The Bertz CT molecular complexity index is 1010. The molecule has 1 atom stereocenters. The molecule has 0 saturated carbocycles. The van der Waals surface area contributed by atoms with Crippen LogP contribution >= 0.6 is 11.3 Å². The van der Waals surface area contributed by atoms with Crippen LogP contribution in [-0.2, 0) is 6.42 Å². The fraction of sp³-hybridized carbons (Fsp3) is 0.368. The average Bonchev–Trinajstić information content (AvgIpc) is 3.15. The number of rotatable bonds is 2. The molecule has 7 heteroatoms. The molecule has 0 fully saturated rings. The SMILES string of the molecule is CC(C)(C)[C@@H]1NCCc2cc(-c3nc4c(C(N)=O)cc(F)cc4[nH]3)sc21. The minimum absolute atomic E-state index is 0.0954. The molecule has 4 rings (SSSR count). The number of nitrogens with two attached hydrogens (primary N) is 1. The number of thiophene rings is 1. The Morgan fingerprint density at radius 3 is 2.81 bits per heavy atom. The first-order chi connectivity index (χ1) is 12.2. The molecule has 136 valence electrons. The van der Waals surface area contributed by atoms with Crippen LogP contribution in [-0.4, -0.2) is 22.4 Å². The molecule has 0 unspecified atom stereocenters. The summed E-state index contributed by atoms with van der Waals surface area (Å²) in [5, 5.41) is 3.61. The topological polar surface area (TPSA) is 83.8 Å². The predicted molar refractivity (Wildman–Crippen MR) is 102 cm³/mol. The molecule has 1 aliphatic heterocycles. The number of imidazole rings is 1. The molecule has 1 amide bonds. The van der Waals surface area contributed by atoms with Crippen molar-refractivity contribution in [1.82, 2.24) is 15.3 Å². The van der Waals surface area contributed by atoms with Gasteiger partial charge in [0, 0.05) is 10.9 Å². The van der Waals surface area contributed by atoms with E-state index in [0.717, 1.165) is 23.9 Å².